The molecule has 9 heteroatoms. The second kappa shape index (κ2) is 10.5. The van der Waals surface area contributed by atoms with Crippen LogP contribution in [0.2, 0.25) is 5.02 Å². The fraction of sp³-hybridized carbons (Fsp3) is 0.318. The Hall–Kier alpha value is -2.71. The summed E-state index contributed by atoms with van der Waals surface area (Å²) in [7, 11) is 0. The molecule has 1 aliphatic rings. The van der Waals surface area contributed by atoms with E-state index in [4.69, 9.17) is 16.3 Å². The van der Waals surface area contributed by atoms with Crippen LogP contribution in [-0.4, -0.2) is 52.7 Å². The Balaban J connectivity index is 1.37. The summed E-state index contributed by atoms with van der Waals surface area (Å²) < 4.78 is 7.58. The fourth-order valence-electron chi connectivity index (χ4n) is 3.38. The van der Waals surface area contributed by atoms with Gasteiger partial charge in [-0.25, -0.2) is 0 Å². The highest BCUT2D eigenvalue weighted by atomic mass is 35.5. The minimum Gasteiger partial charge on any atom is -0.492 e. The highest BCUT2D eigenvalue weighted by molar-refractivity contribution is 7.99. The number of hydrogen-bond donors (Lipinski definition) is 1. The number of halogens is 1. The summed E-state index contributed by atoms with van der Waals surface area (Å²) in [6.45, 7) is 2.75. The molecular weight excluding hydrogens is 434 g/mol. The highest BCUT2D eigenvalue weighted by Gasteiger charge is 2.23. The lowest BCUT2D eigenvalue weighted by Gasteiger charge is -2.18. The van der Waals surface area contributed by atoms with Gasteiger partial charge >= 0.3 is 0 Å². The fourth-order valence-corrected chi connectivity index (χ4v) is 4.34. The molecule has 0 aliphatic carbocycles. The first-order chi connectivity index (χ1) is 15.2. The Morgan fingerprint density at radius 2 is 1.90 bits per heavy atom. The maximum atomic E-state index is 12.3. The number of benzene rings is 2. The number of rotatable bonds is 9. The van der Waals surface area contributed by atoms with E-state index in [2.05, 4.69) is 20.4 Å². The van der Waals surface area contributed by atoms with Crippen LogP contribution in [0.15, 0.2) is 59.8 Å². The van der Waals surface area contributed by atoms with Crippen molar-refractivity contribution in [1.82, 2.24) is 20.1 Å². The Morgan fingerprint density at radius 1 is 1.10 bits per heavy atom. The molecule has 0 saturated carbocycles. The van der Waals surface area contributed by atoms with E-state index in [0.29, 0.717) is 23.3 Å². The third-order valence-electron chi connectivity index (χ3n) is 4.84. The van der Waals surface area contributed by atoms with E-state index in [-0.39, 0.29) is 11.7 Å². The van der Waals surface area contributed by atoms with Crippen molar-refractivity contribution in [2.75, 3.05) is 36.9 Å². The number of para-hydroxylation sites is 1. The summed E-state index contributed by atoms with van der Waals surface area (Å²) in [4.78, 5) is 14.5. The topological polar surface area (TPSA) is 72.3 Å². The number of hydrogen-bond acceptors (Lipinski definition) is 6. The summed E-state index contributed by atoms with van der Waals surface area (Å²) in [6.07, 6.45) is 2.27. The maximum Gasteiger partial charge on any atom is 0.232 e. The predicted molar refractivity (Wildman–Crippen MR) is 123 cm³/mol. The number of nitrogens with zero attached hydrogens (tertiary/aromatic N) is 4. The molecule has 1 aromatic heterocycles. The molecule has 0 spiro atoms. The Labute approximate surface area is 190 Å². The van der Waals surface area contributed by atoms with Gasteiger partial charge in [0.05, 0.1) is 18.0 Å². The van der Waals surface area contributed by atoms with Gasteiger partial charge in [-0.05, 0) is 43.2 Å². The molecule has 0 bridgehead atoms. The molecule has 0 unspecified atom stereocenters. The van der Waals surface area contributed by atoms with Crippen LogP contribution >= 0.6 is 23.4 Å². The zero-order chi connectivity index (χ0) is 21.5. The quantitative estimate of drug-likeness (QED) is 0.389. The normalized spacial score (nSPS) is 13.4. The summed E-state index contributed by atoms with van der Waals surface area (Å²) in [5, 5.41) is 13.0. The largest absolute Gasteiger partial charge is 0.492 e. The third-order valence-corrected chi connectivity index (χ3v) is 6.00. The van der Waals surface area contributed by atoms with Gasteiger partial charge in [0.1, 0.15) is 12.4 Å². The molecule has 1 aliphatic heterocycles. The molecule has 4 rings (SSSR count). The van der Waals surface area contributed by atoms with Gasteiger partial charge < -0.3 is 15.0 Å². The van der Waals surface area contributed by atoms with Gasteiger partial charge in [0.2, 0.25) is 11.9 Å². The highest BCUT2D eigenvalue weighted by Crippen LogP contribution is 2.29. The minimum absolute atomic E-state index is 0.0787. The van der Waals surface area contributed by atoms with Crippen molar-refractivity contribution >= 4 is 35.2 Å². The molecule has 1 fully saturated rings. The molecule has 162 valence electrons. The molecule has 3 aromatic rings. The predicted octanol–water partition coefficient (Wildman–Crippen LogP) is 3.81. The molecule has 2 aromatic carbocycles. The standard InChI is InChI=1S/C22H24ClN5O2S/c23-17-7-6-8-18(15-17)28-21(27-12-4-5-13-27)25-26-22(28)31-16-20(29)24-11-14-30-19-9-2-1-3-10-19/h1-3,6-10,15H,4-5,11-14,16H2,(H,24,29). The van der Waals surface area contributed by atoms with E-state index in [1.165, 1.54) is 11.8 Å². The van der Waals surface area contributed by atoms with E-state index in [9.17, 15) is 4.79 Å². The lowest BCUT2D eigenvalue weighted by molar-refractivity contribution is -0.118. The van der Waals surface area contributed by atoms with Gasteiger partial charge in [0.15, 0.2) is 5.16 Å². The SMILES string of the molecule is O=C(CSc1nnc(N2CCCC2)n1-c1cccc(Cl)c1)NCCOc1ccccc1. The van der Waals surface area contributed by atoms with Crippen LogP contribution in [0.1, 0.15) is 12.8 Å². The third kappa shape index (κ3) is 5.71. The Morgan fingerprint density at radius 3 is 2.68 bits per heavy atom. The first-order valence-electron chi connectivity index (χ1n) is 10.2. The Bertz CT molecular complexity index is 1010. The average molecular weight is 458 g/mol. The smallest absolute Gasteiger partial charge is 0.232 e. The number of ether oxygens (including phenoxy) is 1. The summed E-state index contributed by atoms with van der Waals surface area (Å²) in [6, 6.07) is 17.1. The summed E-state index contributed by atoms with van der Waals surface area (Å²) in [5.74, 6) is 1.74. The van der Waals surface area contributed by atoms with E-state index in [0.717, 1.165) is 43.3 Å². The van der Waals surface area contributed by atoms with Crippen LogP contribution in [0.3, 0.4) is 0 Å². The van der Waals surface area contributed by atoms with Crippen LogP contribution in [0.5, 0.6) is 5.75 Å². The van der Waals surface area contributed by atoms with E-state index in [1.807, 2.05) is 59.2 Å². The number of amides is 1. The molecule has 0 radical (unpaired) electrons. The number of anilines is 1. The zero-order valence-electron chi connectivity index (χ0n) is 17.0. The molecule has 0 atom stereocenters. The molecule has 31 heavy (non-hydrogen) atoms. The van der Waals surface area contributed by atoms with Crippen LogP contribution in [0.4, 0.5) is 5.95 Å². The molecule has 2 heterocycles. The van der Waals surface area contributed by atoms with Crippen LogP contribution in [-0.2, 0) is 4.79 Å². The van der Waals surface area contributed by atoms with Gasteiger partial charge in [0.25, 0.3) is 0 Å². The Kier molecular flexibility index (Phi) is 7.32. The first-order valence-corrected chi connectivity index (χ1v) is 11.6. The van der Waals surface area contributed by atoms with E-state index < -0.39 is 0 Å². The number of aromatic nitrogens is 3. The van der Waals surface area contributed by atoms with Gasteiger partial charge in [-0.2, -0.15) is 0 Å². The average Bonchev–Trinajstić information content (AvgIpc) is 3.46. The molecule has 1 N–H and O–H groups in total. The molecule has 1 amide bonds. The van der Waals surface area contributed by atoms with Crippen LogP contribution in [0.25, 0.3) is 5.69 Å². The number of carbonyl (C=O) groups excluding carboxylic acids is 1. The number of thioether (sulfide) groups is 1. The van der Waals surface area contributed by atoms with Crippen molar-refractivity contribution < 1.29 is 9.53 Å². The lowest BCUT2D eigenvalue weighted by atomic mass is 10.3. The number of carbonyl (C=O) groups is 1. The van der Waals surface area contributed by atoms with Crippen molar-refractivity contribution in [3.05, 3.63) is 59.6 Å². The molecular formula is C22H24ClN5O2S. The van der Waals surface area contributed by atoms with Crippen LogP contribution in [0, 0.1) is 0 Å². The number of nitrogens with one attached hydrogen (secondary N) is 1. The lowest BCUT2D eigenvalue weighted by Crippen LogP contribution is -2.29. The summed E-state index contributed by atoms with van der Waals surface area (Å²) >= 11 is 7.57. The van der Waals surface area contributed by atoms with Gasteiger partial charge in [-0.1, -0.05) is 47.6 Å². The maximum absolute atomic E-state index is 12.3. The molecule has 1 saturated heterocycles. The second-order valence-corrected chi connectivity index (χ2v) is 8.47. The van der Waals surface area contributed by atoms with Crippen molar-refractivity contribution in [3.63, 3.8) is 0 Å². The first kappa shape index (κ1) is 21.5. The van der Waals surface area contributed by atoms with Crippen LogP contribution < -0.4 is 15.0 Å². The van der Waals surface area contributed by atoms with Crippen molar-refractivity contribution in [2.24, 2.45) is 0 Å². The van der Waals surface area contributed by atoms with E-state index >= 15 is 0 Å². The molecule has 7 nitrogen and oxygen atoms in total. The van der Waals surface area contributed by atoms with Gasteiger partial charge in [-0.15, -0.1) is 10.2 Å². The van der Waals surface area contributed by atoms with E-state index in [1.54, 1.807) is 0 Å². The van der Waals surface area contributed by atoms with Crippen molar-refractivity contribution in [3.8, 4) is 11.4 Å². The summed E-state index contributed by atoms with van der Waals surface area (Å²) in [5.41, 5.74) is 0.888. The van der Waals surface area contributed by atoms with Gasteiger partial charge in [0, 0.05) is 18.1 Å². The minimum atomic E-state index is -0.0787. The zero-order valence-corrected chi connectivity index (χ0v) is 18.6. The van der Waals surface area contributed by atoms with Crippen molar-refractivity contribution in [1.29, 1.82) is 0 Å². The monoisotopic (exact) mass is 457 g/mol. The van der Waals surface area contributed by atoms with Gasteiger partial charge in [-0.3, -0.25) is 9.36 Å². The second-order valence-electron chi connectivity index (χ2n) is 7.09. The van der Waals surface area contributed by atoms with Crippen molar-refractivity contribution in [2.45, 2.75) is 18.0 Å².